The van der Waals surface area contributed by atoms with Crippen molar-refractivity contribution in [2.45, 2.75) is 38.1 Å². The van der Waals surface area contributed by atoms with E-state index in [1.165, 1.54) is 16.9 Å². The molecule has 0 bridgehead atoms. The minimum Gasteiger partial charge on any atom is -0.328 e. The zero-order valence-corrected chi connectivity index (χ0v) is 15.2. The van der Waals surface area contributed by atoms with Gasteiger partial charge in [0.1, 0.15) is 0 Å². The Morgan fingerprint density at radius 2 is 2.13 bits per heavy atom. The number of carbonyl (C=O) groups is 1. The van der Waals surface area contributed by atoms with Crippen LogP contribution in [0.1, 0.15) is 36.1 Å². The van der Waals surface area contributed by atoms with Crippen molar-refractivity contribution in [3.63, 3.8) is 0 Å². The number of amides is 1. The van der Waals surface area contributed by atoms with Gasteiger partial charge in [-0.15, -0.1) is 11.3 Å². The van der Waals surface area contributed by atoms with Crippen LogP contribution < -0.4 is 11.1 Å². The van der Waals surface area contributed by atoms with Crippen molar-refractivity contribution in [3.05, 3.63) is 45.4 Å². The fourth-order valence-electron chi connectivity index (χ4n) is 2.92. The van der Waals surface area contributed by atoms with Gasteiger partial charge in [-0.2, -0.15) is 0 Å². The molecular formula is C17H20BrN3OS. The lowest BCUT2D eigenvalue weighted by Crippen LogP contribution is -2.34. The third-order valence-electron chi connectivity index (χ3n) is 4.16. The Morgan fingerprint density at radius 3 is 2.87 bits per heavy atom. The average Bonchev–Trinajstić information content (AvgIpc) is 2.96. The van der Waals surface area contributed by atoms with Crippen molar-refractivity contribution in [1.29, 1.82) is 0 Å². The number of carbonyl (C=O) groups excluding carboxylic acids is 1. The Hall–Kier alpha value is -1.24. The normalized spacial score (nSPS) is 21.1. The molecule has 0 saturated heterocycles. The molecule has 1 aromatic carbocycles. The van der Waals surface area contributed by atoms with Crippen molar-refractivity contribution >= 4 is 38.3 Å². The second-order valence-electron chi connectivity index (χ2n) is 6.05. The second-order valence-corrected chi connectivity index (χ2v) is 8.08. The molecule has 1 saturated carbocycles. The van der Waals surface area contributed by atoms with Crippen LogP contribution in [0.15, 0.2) is 34.9 Å². The van der Waals surface area contributed by atoms with Crippen LogP contribution in [0.2, 0.25) is 0 Å². The Bertz CT molecular complexity index is 671. The molecule has 3 rings (SSSR count). The molecule has 0 aliphatic heterocycles. The van der Waals surface area contributed by atoms with Crippen LogP contribution >= 0.6 is 27.3 Å². The van der Waals surface area contributed by atoms with E-state index in [1.807, 2.05) is 18.3 Å². The molecule has 1 heterocycles. The van der Waals surface area contributed by atoms with E-state index in [1.54, 1.807) is 0 Å². The molecule has 4 nitrogen and oxygen atoms in total. The van der Waals surface area contributed by atoms with Gasteiger partial charge in [0.05, 0.1) is 0 Å². The second kappa shape index (κ2) is 7.55. The minimum atomic E-state index is 0.0255. The zero-order chi connectivity index (χ0) is 16.2. The minimum absolute atomic E-state index is 0.0255. The van der Waals surface area contributed by atoms with Crippen molar-refractivity contribution in [3.8, 4) is 0 Å². The maximum atomic E-state index is 12.3. The molecule has 1 aliphatic carbocycles. The first kappa shape index (κ1) is 16.6. The van der Waals surface area contributed by atoms with Gasteiger partial charge in [0.2, 0.25) is 5.91 Å². The van der Waals surface area contributed by atoms with E-state index in [0.29, 0.717) is 5.13 Å². The number of nitrogens with one attached hydrogen (secondary N) is 1. The molecule has 0 radical (unpaired) electrons. The van der Waals surface area contributed by atoms with Gasteiger partial charge in [0.25, 0.3) is 0 Å². The number of anilines is 1. The van der Waals surface area contributed by atoms with E-state index in [9.17, 15) is 4.79 Å². The number of hydrogen-bond donors (Lipinski definition) is 2. The van der Waals surface area contributed by atoms with Crippen molar-refractivity contribution in [2.24, 2.45) is 11.7 Å². The number of nitrogens with two attached hydrogens (primary N) is 1. The third kappa shape index (κ3) is 4.62. The Kier molecular flexibility index (Phi) is 5.46. The predicted octanol–water partition coefficient (Wildman–Crippen LogP) is 3.95. The molecule has 1 fully saturated rings. The van der Waals surface area contributed by atoms with Gasteiger partial charge in [-0.25, -0.2) is 4.98 Å². The van der Waals surface area contributed by atoms with Crippen molar-refractivity contribution < 1.29 is 4.79 Å². The lowest BCUT2D eigenvalue weighted by atomic mass is 9.86. The standard InChI is InChI=1S/C17H20BrN3OS/c18-13-6-4-11(5-7-13)8-15-10-20-17(23-15)21-16(22)12-2-1-3-14(19)9-12/h4-7,10,12,14H,1-3,8-9,19H2,(H,20,21,22). The molecule has 23 heavy (non-hydrogen) atoms. The summed E-state index contributed by atoms with van der Waals surface area (Å²) >= 11 is 4.98. The predicted molar refractivity (Wildman–Crippen MR) is 97.6 cm³/mol. The summed E-state index contributed by atoms with van der Waals surface area (Å²) in [4.78, 5) is 17.8. The number of aromatic nitrogens is 1. The maximum Gasteiger partial charge on any atom is 0.229 e. The SMILES string of the molecule is NC1CCCC(C(=O)Nc2ncc(Cc3ccc(Br)cc3)s2)C1. The highest BCUT2D eigenvalue weighted by molar-refractivity contribution is 9.10. The summed E-state index contributed by atoms with van der Waals surface area (Å²) < 4.78 is 1.07. The maximum absolute atomic E-state index is 12.3. The molecule has 1 aromatic heterocycles. The number of nitrogens with zero attached hydrogens (tertiary/aromatic N) is 1. The van der Waals surface area contributed by atoms with E-state index in [-0.39, 0.29) is 17.9 Å². The number of rotatable bonds is 4. The summed E-state index contributed by atoms with van der Waals surface area (Å²) in [5, 5.41) is 3.63. The van der Waals surface area contributed by atoms with Gasteiger partial charge in [-0.3, -0.25) is 4.79 Å². The van der Waals surface area contributed by atoms with Crippen LogP contribution in [-0.2, 0) is 11.2 Å². The van der Waals surface area contributed by atoms with Crippen LogP contribution in [0.3, 0.4) is 0 Å². The molecule has 0 spiro atoms. The lowest BCUT2D eigenvalue weighted by molar-refractivity contribution is -0.120. The Morgan fingerprint density at radius 1 is 1.35 bits per heavy atom. The highest BCUT2D eigenvalue weighted by Crippen LogP contribution is 2.26. The number of thiazole rings is 1. The van der Waals surface area contributed by atoms with E-state index >= 15 is 0 Å². The molecule has 2 aromatic rings. The summed E-state index contributed by atoms with van der Waals surface area (Å²) in [6, 6.07) is 8.40. The van der Waals surface area contributed by atoms with Crippen LogP contribution in [0.25, 0.3) is 0 Å². The molecular weight excluding hydrogens is 374 g/mol. The van der Waals surface area contributed by atoms with E-state index in [0.717, 1.165) is 41.5 Å². The highest BCUT2D eigenvalue weighted by Gasteiger charge is 2.25. The van der Waals surface area contributed by atoms with Gasteiger partial charge in [0, 0.05) is 33.9 Å². The summed E-state index contributed by atoms with van der Waals surface area (Å²) in [6.07, 6.45) is 6.44. The van der Waals surface area contributed by atoms with Gasteiger partial charge < -0.3 is 11.1 Å². The molecule has 3 N–H and O–H groups in total. The van der Waals surface area contributed by atoms with Crippen LogP contribution in [0.5, 0.6) is 0 Å². The first-order valence-corrected chi connectivity index (χ1v) is 9.46. The largest absolute Gasteiger partial charge is 0.328 e. The van der Waals surface area contributed by atoms with Crippen molar-refractivity contribution in [1.82, 2.24) is 4.98 Å². The summed E-state index contributed by atoms with van der Waals surface area (Å²) in [7, 11) is 0. The summed E-state index contributed by atoms with van der Waals surface area (Å²) in [5.41, 5.74) is 7.19. The summed E-state index contributed by atoms with van der Waals surface area (Å²) in [6.45, 7) is 0. The first-order chi connectivity index (χ1) is 11.1. The number of benzene rings is 1. The number of halogens is 1. The third-order valence-corrected chi connectivity index (χ3v) is 5.60. The zero-order valence-electron chi connectivity index (χ0n) is 12.8. The monoisotopic (exact) mass is 393 g/mol. The van der Waals surface area contributed by atoms with E-state index < -0.39 is 0 Å². The van der Waals surface area contributed by atoms with Gasteiger partial charge in [-0.05, 0) is 37.0 Å². The summed E-state index contributed by atoms with van der Waals surface area (Å²) in [5.74, 6) is 0.0854. The van der Waals surface area contributed by atoms with E-state index in [4.69, 9.17) is 5.73 Å². The molecule has 6 heteroatoms. The van der Waals surface area contributed by atoms with Crippen LogP contribution in [-0.4, -0.2) is 16.9 Å². The van der Waals surface area contributed by atoms with Crippen molar-refractivity contribution in [2.75, 3.05) is 5.32 Å². The van der Waals surface area contributed by atoms with E-state index in [2.05, 4.69) is 38.4 Å². The Balaban J connectivity index is 1.58. The fourth-order valence-corrected chi connectivity index (χ4v) is 4.04. The smallest absolute Gasteiger partial charge is 0.229 e. The quantitative estimate of drug-likeness (QED) is 0.825. The van der Waals surface area contributed by atoms with Crippen LogP contribution in [0.4, 0.5) is 5.13 Å². The Labute approximate surface area is 148 Å². The van der Waals surface area contributed by atoms with Gasteiger partial charge in [-0.1, -0.05) is 34.5 Å². The fraction of sp³-hybridized carbons (Fsp3) is 0.412. The first-order valence-electron chi connectivity index (χ1n) is 7.86. The van der Waals surface area contributed by atoms with Gasteiger partial charge in [0.15, 0.2) is 5.13 Å². The van der Waals surface area contributed by atoms with Crippen LogP contribution in [0, 0.1) is 5.92 Å². The molecule has 122 valence electrons. The molecule has 1 aliphatic rings. The highest BCUT2D eigenvalue weighted by atomic mass is 79.9. The lowest BCUT2D eigenvalue weighted by Gasteiger charge is -2.25. The molecule has 2 unspecified atom stereocenters. The molecule has 1 amide bonds. The number of hydrogen-bond acceptors (Lipinski definition) is 4. The molecule has 2 atom stereocenters. The van der Waals surface area contributed by atoms with Gasteiger partial charge >= 0.3 is 0 Å². The average molecular weight is 394 g/mol. The topological polar surface area (TPSA) is 68.0 Å².